The van der Waals surface area contributed by atoms with Gasteiger partial charge in [-0.05, 0) is 40.7 Å². The van der Waals surface area contributed by atoms with Gasteiger partial charge in [0.25, 0.3) is 0 Å². The van der Waals surface area contributed by atoms with E-state index in [1.165, 1.54) is 0 Å². The Morgan fingerprint density at radius 1 is 1.27 bits per heavy atom. The van der Waals surface area contributed by atoms with Crippen molar-refractivity contribution in [2.45, 2.75) is 50.9 Å². The monoisotopic (exact) mass is 314 g/mol. The number of carbonyl (C=O) groups excluding carboxylic acids is 1. The first-order valence-corrected chi connectivity index (χ1v) is 7.67. The number of likely N-dealkylation sites (tertiary alicyclic amines) is 1. The number of likely N-dealkylation sites (N-methyl/N-ethyl adjacent to an activating group) is 1. The van der Waals surface area contributed by atoms with Crippen LogP contribution in [0.1, 0.15) is 33.6 Å². The summed E-state index contributed by atoms with van der Waals surface area (Å²) in [5, 5.41) is 9.20. The van der Waals surface area contributed by atoms with Crippen molar-refractivity contribution in [1.29, 1.82) is 0 Å². The van der Waals surface area contributed by atoms with Crippen LogP contribution in [0.25, 0.3) is 0 Å². The molecule has 0 saturated carbocycles. The van der Waals surface area contributed by atoms with E-state index in [9.17, 15) is 14.7 Å². The molecule has 0 aromatic rings. The first-order valence-electron chi connectivity index (χ1n) is 7.67. The van der Waals surface area contributed by atoms with Gasteiger partial charge in [0.15, 0.2) is 6.10 Å². The number of carboxylic acids is 1. The smallest absolute Gasteiger partial charge is 0.410 e. The molecule has 0 aliphatic carbocycles. The molecule has 1 unspecified atom stereocenters. The average Bonchev–Trinajstić information content (AvgIpc) is 2.36. The molecule has 7 nitrogen and oxygen atoms in total. The predicted molar refractivity (Wildman–Crippen MR) is 79.8 cm³/mol. The molecule has 126 valence electrons. The third kappa shape index (κ3) is 4.10. The third-order valence-electron chi connectivity index (χ3n) is 4.03. The summed E-state index contributed by atoms with van der Waals surface area (Å²) in [4.78, 5) is 27.0. The van der Waals surface area contributed by atoms with Crippen LogP contribution in [-0.4, -0.2) is 77.5 Å². The van der Waals surface area contributed by atoms with Crippen molar-refractivity contribution in [3.8, 4) is 0 Å². The number of rotatable bonds is 1. The largest absolute Gasteiger partial charge is 0.479 e. The van der Waals surface area contributed by atoms with Gasteiger partial charge in [-0.15, -0.1) is 0 Å². The number of amides is 1. The van der Waals surface area contributed by atoms with Crippen LogP contribution in [0.5, 0.6) is 0 Å². The van der Waals surface area contributed by atoms with E-state index in [1.54, 1.807) is 4.90 Å². The zero-order chi connectivity index (χ0) is 16.5. The van der Waals surface area contributed by atoms with Gasteiger partial charge in [-0.25, -0.2) is 9.59 Å². The van der Waals surface area contributed by atoms with Crippen LogP contribution in [0, 0.1) is 0 Å². The molecule has 1 spiro atoms. The van der Waals surface area contributed by atoms with E-state index in [0.717, 1.165) is 0 Å². The van der Waals surface area contributed by atoms with Crippen LogP contribution in [0.3, 0.4) is 0 Å². The molecule has 0 aromatic carbocycles. The number of nitrogens with zero attached hydrogens (tertiary/aromatic N) is 2. The second kappa shape index (κ2) is 6.04. The van der Waals surface area contributed by atoms with Gasteiger partial charge in [0, 0.05) is 26.2 Å². The molecule has 1 amide bonds. The minimum atomic E-state index is -0.930. The molecular formula is C15H26N2O5. The van der Waals surface area contributed by atoms with Crippen LogP contribution in [0.4, 0.5) is 4.79 Å². The van der Waals surface area contributed by atoms with Gasteiger partial charge >= 0.3 is 12.1 Å². The van der Waals surface area contributed by atoms with Gasteiger partial charge in [-0.2, -0.15) is 0 Å². The lowest BCUT2D eigenvalue weighted by Gasteiger charge is -2.48. The number of piperidine rings is 1. The number of hydrogen-bond donors (Lipinski definition) is 1. The molecule has 2 aliphatic rings. The van der Waals surface area contributed by atoms with E-state index in [-0.39, 0.29) is 6.09 Å². The summed E-state index contributed by atoms with van der Waals surface area (Å²) in [5.74, 6) is -0.930. The maximum atomic E-state index is 12.1. The van der Waals surface area contributed by atoms with Gasteiger partial charge in [-0.3, -0.25) is 0 Å². The Balaban J connectivity index is 1.95. The Morgan fingerprint density at radius 2 is 1.86 bits per heavy atom. The molecule has 1 atom stereocenters. The fourth-order valence-corrected chi connectivity index (χ4v) is 3.04. The molecule has 1 N–H and O–H groups in total. The van der Waals surface area contributed by atoms with Crippen LogP contribution in [0.15, 0.2) is 0 Å². The molecule has 7 heteroatoms. The highest BCUT2D eigenvalue weighted by molar-refractivity contribution is 5.73. The second-order valence-corrected chi connectivity index (χ2v) is 7.29. The summed E-state index contributed by atoms with van der Waals surface area (Å²) in [6, 6.07) is 0. The molecular weight excluding hydrogens is 288 g/mol. The Bertz CT molecular complexity index is 438. The van der Waals surface area contributed by atoms with Crippen LogP contribution < -0.4 is 0 Å². The van der Waals surface area contributed by atoms with E-state index in [1.807, 2.05) is 32.7 Å². The molecule has 0 aromatic heterocycles. The van der Waals surface area contributed by atoms with E-state index in [0.29, 0.717) is 39.0 Å². The Labute approximate surface area is 131 Å². The minimum Gasteiger partial charge on any atom is -0.479 e. The minimum absolute atomic E-state index is 0.318. The van der Waals surface area contributed by atoms with Crippen molar-refractivity contribution < 1.29 is 24.2 Å². The highest BCUT2D eigenvalue weighted by Gasteiger charge is 2.45. The van der Waals surface area contributed by atoms with Crippen LogP contribution >= 0.6 is 0 Å². The number of carbonyl (C=O) groups is 2. The summed E-state index contributed by atoms with van der Waals surface area (Å²) in [7, 11) is 1.90. The first-order chi connectivity index (χ1) is 10.1. The molecule has 22 heavy (non-hydrogen) atoms. The molecule has 2 heterocycles. The van der Waals surface area contributed by atoms with Gasteiger partial charge in [-0.1, -0.05) is 0 Å². The molecule has 2 saturated heterocycles. The van der Waals surface area contributed by atoms with Crippen LogP contribution in [0.2, 0.25) is 0 Å². The predicted octanol–water partition coefficient (Wildman–Crippen LogP) is 1.17. The van der Waals surface area contributed by atoms with Crippen molar-refractivity contribution in [2.24, 2.45) is 0 Å². The van der Waals surface area contributed by atoms with Crippen LogP contribution in [-0.2, 0) is 14.3 Å². The number of aliphatic carboxylic acids is 1. The average molecular weight is 314 g/mol. The quantitative estimate of drug-likeness (QED) is 0.783. The molecule has 0 bridgehead atoms. The van der Waals surface area contributed by atoms with Gasteiger partial charge in [0.1, 0.15) is 5.60 Å². The molecule has 2 fully saturated rings. The zero-order valence-electron chi connectivity index (χ0n) is 13.8. The lowest BCUT2D eigenvalue weighted by molar-refractivity contribution is -0.192. The topological polar surface area (TPSA) is 79.3 Å². The normalized spacial score (nSPS) is 26.0. The highest BCUT2D eigenvalue weighted by atomic mass is 16.6. The first kappa shape index (κ1) is 17.0. The van der Waals surface area contributed by atoms with Crippen molar-refractivity contribution in [3.63, 3.8) is 0 Å². The number of carboxylic acid groups (broad SMARTS) is 1. The SMILES string of the molecule is CN1CC(C(=O)O)OC2(CCN(C(=O)OC(C)(C)C)CC2)C1. The van der Waals surface area contributed by atoms with Crippen molar-refractivity contribution >= 4 is 12.1 Å². The summed E-state index contributed by atoms with van der Waals surface area (Å²) in [6.45, 7) is 7.66. The van der Waals surface area contributed by atoms with E-state index >= 15 is 0 Å². The third-order valence-corrected chi connectivity index (χ3v) is 4.03. The second-order valence-electron chi connectivity index (χ2n) is 7.29. The fourth-order valence-electron chi connectivity index (χ4n) is 3.04. The van der Waals surface area contributed by atoms with Crippen molar-refractivity contribution in [2.75, 3.05) is 33.2 Å². The highest BCUT2D eigenvalue weighted by Crippen LogP contribution is 2.32. The Hall–Kier alpha value is -1.34. The molecule has 2 rings (SSSR count). The Morgan fingerprint density at radius 3 is 2.36 bits per heavy atom. The summed E-state index contributed by atoms with van der Waals surface area (Å²) in [6.07, 6.45) is 0.133. The van der Waals surface area contributed by atoms with Gasteiger partial charge in [0.2, 0.25) is 0 Å². The Kier molecular flexibility index (Phi) is 4.67. The lowest BCUT2D eigenvalue weighted by atomic mass is 9.89. The molecule has 0 radical (unpaired) electrons. The molecule has 2 aliphatic heterocycles. The summed E-state index contributed by atoms with van der Waals surface area (Å²) >= 11 is 0. The fraction of sp³-hybridized carbons (Fsp3) is 0.867. The lowest BCUT2D eigenvalue weighted by Crippen LogP contribution is -2.60. The van der Waals surface area contributed by atoms with E-state index < -0.39 is 23.3 Å². The maximum Gasteiger partial charge on any atom is 0.410 e. The standard InChI is InChI=1S/C15H26N2O5/c1-14(2,3)22-13(20)17-7-5-15(6-8-17)10-16(4)9-11(21-15)12(18)19/h11H,5-10H2,1-4H3,(H,18,19). The number of hydrogen-bond acceptors (Lipinski definition) is 5. The zero-order valence-corrected chi connectivity index (χ0v) is 13.8. The summed E-state index contributed by atoms with van der Waals surface area (Å²) in [5.41, 5.74) is -0.989. The summed E-state index contributed by atoms with van der Waals surface area (Å²) < 4.78 is 11.2. The van der Waals surface area contributed by atoms with Gasteiger partial charge < -0.3 is 24.4 Å². The van der Waals surface area contributed by atoms with Crippen molar-refractivity contribution in [3.05, 3.63) is 0 Å². The van der Waals surface area contributed by atoms with E-state index in [2.05, 4.69) is 0 Å². The van der Waals surface area contributed by atoms with Gasteiger partial charge in [0.05, 0.1) is 5.60 Å². The number of morpholine rings is 1. The van der Waals surface area contributed by atoms with Crippen molar-refractivity contribution in [1.82, 2.24) is 9.80 Å². The number of ether oxygens (including phenoxy) is 2. The maximum absolute atomic E-state index is 12.1. The van der Waals surface area contributed by atoms with E-state index in [4.69, 9.17) is 9.47 Å².